The summed E-state index contributed by atoms with van der Waals surface area (Å²) in [5, 5.41) is 7.46. The van der Waals surface area contributed by atoms with Crippen molar-refractivity contribution in [2.75, 3.05) is 5.75 Å². The number of hydrogen-bond acceptors (Lipinski definition) is 4. The maximum absolute atomic E-state index is 12.0. The van der Waals surface area contributed by atoms with Crippen LogP contribution in [-0.2, 0) is 4.79 Å². The summed E-state index contributed by atoms with van der Waals surface area (Å²) in [5.74, 6) is 0.577. The minimum Gasteiger partial charge on any atom is -0.353 e. The summed E-state index contributed by atoms with van der Waals surface area (Å²) in [4.78, 5) is 17.1. The first-order valence-corrected chi connectivity index (χ1v) is 8.61. The molecule has 1 saturated carbocycles. The zero-order valence-electron chi connectivity index (χ0n) is 12.4. The minimum atomic E-state index is 0.115. The quantitative estimate of drug-likeness (QED) is 0.862. The predicted molar refractivity (Wildman–Crippen MR) is 86.6 cm³/mol. The van der Waals surface area contributed by atoms with Crippen LogP contribution in [0.15, 0.2) is 47.9 Å². The van der Waals surface area contributed by atoms with Gasteiger partial charge in [-0.15, -0.1) is 11.8 Å². The Morgan fingerprint density at radius 1 is 1.23 bits per heavy atom. The molecule has 0 saturated heterocycles. The fourth-order valence-corrected chi connectivity index (χ4v) is 3.53. The van der Waals surface area contributed by atoms with Gasteiger partial charge in [-0.25, -0.2) is 0 Å². The molecule has 3 rings (SSSR count). The van der Waals surface area contributed by atoms with Crippen LogP contribution in [0.3, 0.4) is 0 Å². The molecule has 2 aromatic heterocycles. The molecule has 1 aliphatic carbocycles. The van der Waals surface area contributed by atoms with Gasteiger partial charge < -0.3 is 5.32 Å². The third-order valence-corrected chi connectivity index (χ3v) is 4.99. The van der Waals surface area contributed by atoms with Crippen LogP contribution in [0.4, 0.5) is 0 Å². The average molecular weight is 316 g/mol. The minimum absolute atomic E-state index is 0.115. The van der Waals surface area contributed by atoms with Crippen LogP contribution in [0, 0.1) is 0 Å². The van der Waals surface area contributed by atoms with Gasteiger partial charge in [-0.2, -0.15) is 5.10 Å². The largest absolute Gasteiger partial charge is 0.353 e. The summed E-state index contributed by atoms with van der Waals surface area (Å²) in [6, 6.07) is 6.59. The Bertz CT molecular complexity index is 579. The summed E-state index contributed by atoms with van der Waals surface area (Å²) < 4.78 is 2.04. The number of carbonyl (C=O) groups is 1. The Labute approximate surface area is 134 Å². The number of hydrogen-bond donors (Lipinski definition) is 1. The van der Waals surface area contributed by atoms with Crippen molar-refractivity contribution >= 4 is 17.7 Å². The summed E-state index contributed by atoms with van der Waals surface area (Å²) in [6.07, 6.45) is 11.5. The lowest BCUT2D eigenvalue weighted by molar-refractivity contribution is -0.119. The van der Waals surface area contributed by atoms with E-state index in [1.54, 1.807) is 24.2 Å². The van der Waals surface area contributed by atoms with E-state index in [1.807, 2.05) is 35.3 Å². The molecule has 0 aromatic carbocycles. The highest BCUT2D eigenvalue weighted by Gasteiger charge is 2.23. The van der Waals surface area contributed by atoms with Gasteiger partial charge in [-0.1, -0.05) is 0 Å². The van der Waals surface area contributed by atoms with Gasteiger partial charge in [0.1, 0.15) is 0 Å². The summed E-state index contributed by atoms with van der Waals surface area (Å²) in [7, 11) is 0. The zero-order valence-corrected chi connectivity index (χ0v) is 13.2. The third kappa shape index (κ3) is 4.10. The Hall–Kier alpha value is -1.82. The van der Waals surface area contributed by atoms with Gasteiger partial charge in [0.15, 0.2) is 0 Å². The maximum atomic E-state index is 12.0. The number of thioether (sulfide) groups is 1. The maximum Gasteiger partial charge on any atom is 0.230 e. The van der Waals surface area contributed by atoms with E-state index in [2.05, 4.69) is 15.4 Å². The number of amides is 1. The monoisotopic (exact) mass is 316 g/mol. The molecule has 1 aliphatic rings. The van der Waals surface area contributed by atoms with Crippen molar-refractivity contribution < 1.29 is 4.79 Å². The van der Waals surface area contributed by atoms with Crippen LogP contribution in [0.25, 0.3) is 0 Å². The molecule has 5 nitrogen and oxygen atoms in total. The van der Waals surface area contributed by atoms with Crippen LogP contribution >= 0.6 is 11.8 Å². The Kier molecular flexibility index (Phi) is 5.11. The highest BCUT2D eigenvalue weighted by molar-refractivity contribution is 8.00. The molecule has 116 valence electrons. The van der Waals surface area contributed by atoms with E-state index in [-0.39, 0.29) is 5.91 Å². The lowest BCUT2D eigenvalue weighted by Gasteiger charge is -2.29. The standard InChI is InChI=1S/C16H20N4OS/c21-16(12-22-15-6-9-17-10-7-15)19-13-2-4-14(5-3-13)20-11-1-8-18-20/h1,6-11,13-14H,2-5,12H2,(H,19,21). The van der Waals surface area contributed by atoms with Gasteiger partial charge in [-0.3, -0.25) is 14.5 Å². The molecule has 2 heterocycles. The van der Waals surface area contributed by atoms with Gasteiger partial charge in [0.25, 0.3) is 0 Å². The van der Waals surface area contributed by atoms with Gasteiger partial charge in [0.05, 0.1) is 11.8 Å². The summed E-state index contributed by atoms with van der Waals surface area (Å²) in [6.45, 7) is 0. The molecular weight excluding hydrogens is 296 g/mol. The molecule has 0 spiro atoms. The molecule has 6 heteroatoms. The van der Waals surface area contributed by atoms with E-state index in [1.165, 1.54) is 0 Å². The molecular formula is C16H20N4OS. The van der Waals surface area contributed by atoms with E-state index in [9.17, 15) is 4.79 Å². The number of rotatable bonds is 5. The summed E-state index contributed by atoms with van der Waals surface area (Å²) >= 11 is 1.55. The second-order valence-electron chi connectivity index (χ2n) is 5.53. The average Bonchev–Trinajstić information content (AvgIpc) is 3.09. The number of aromatic nitrogens is 3. The first-order valence-electron chi connectivity index (χ1n) is 7.62. The lowest BCUT2D eigenvalue weighted by Crippen LogP contribution is -2.38. The number of carbonyl (C=O) groups excluding carboxylic acids is 1. The molecule has 0 atom stereocenters. The predicted octanol–water partition coefficient (Wildman–Crippen LogP) is 2.67. The van der Waals surface area contributed by atoms with E-state index in [4.69, 9.17) is 0 Å². The van der Waals surface area contributed by atoms with Crippen molar-refractivity contribution in [3.05, 3.63) is 43.0 Å². The fraction of sp³-hybridized carbons (Fsp3) is 0.438. The molecule has 0 aliphatic heterocycles. The highest BCUT2D eigenvalue weighted by Crippen LogP contribution is 2.27. The fourth-order valence-electron chi connectivity index (χ4n) is 2.83. The van der Waals surface area contributed by atoms with Crippen molar-refractivity contribution in [2.24, 2.45) is 0 Å². The van der Waals surface area contributed by atoms with Gasteiger partial charge in [0, 0.05) is 35.7 Å². The topological polar surface area (TPSA) is 59.8 Å². The third-order valence-electron chi connectivity index (χ3n) is 3.98. The van der Waals surface area contributed by atoms with Gasteiger partial charge in [0.2, 0.25) is 5.91 Å². The van der Waals surface area contributed by atoms with Crippen molar-refractivity contribution in [1.82, 2.24) is 20.1 Å². The van der Waals surface area contributed by atoms with Crippen LogP contribution in [0.5, 0.6) is 0 Å². The number of pyridine rings is 1. The smallest absolute Gasteiger partial charge is 0.230 e. The molecule has 1 amide bonds. The molecule has 22 heavy (non-hydrogen) atoms. The first kappa shape index (κ1) is 15.1. The van der Waals surface area contributed by atoms with Crippen molar-refractivity contribution in [3.8, 4) is 0 Å². The number of nitrogens with zero attached hydrogens (tertiary/aromatic N) is 3. The van der Waals surface area contributed by atoms with E-state index < -0.39 is 0 Å². The van der Waals surface area contributed by atoms with Crippen LogP contribution in [0.2, 0.25) is 0 Å². The lowest BCUT2D eigenvalue weighted by atomic mass is 9.91. The van der Waals surface area contributed by atoms with Crippen LogP contribution < -0.4 is 5.32 Å². The van der Waals surface area contributed by atoms with Crippen molar-refractivity contribution in [1.29, 1.82) is 0 Å². The molecule has 0 bridgehead atoms. The normalized spacial score (nSPS) is 21.5. The Balaban J connectivity index is 1.40. The zero-order chi connectivity index (χ0) is 15.2. The Morgan fingerprint density at radius 2 is 2.00 bits per heavy atom. The van der Waals surface area contributed by atoms with Crippen molar-refractivity contribution in [3.63, 3.8) is 0 Å². The highest BCUT2D eigenvalue weighted by atomic mass is 32.2. The van der Waals surface area contributed by atoms with E-state index in [0.717, 1.165) is 30.6 Å². The van der Waals surface area contributed by atoms with E-state index >= 15 is 0 Å². The SMILES string of the molecule is O=C(CSc1ccncc1)NC1CCC(n2cccn2)CC1. The molecule has 1 N–H and O–H groups in total. The van der Waals surface area contributed by atoms with Crippen LogP contribution in [0.1, 0.15) is 31.7 Å². The molecule has 0 unspecified atom stereocenters. The van der Waals surface area contributed by atoms with Gasteiger partial charge >= 0.3 is 0 Å². The molecule has 1 fully saturated rings. The summed E-state index contributed by atoms with van der Waals surface area (Å²) in [5.41, 5.74) is 0. The van der Waals surface area contributed by atoms with Crippen molar-refractivity contribution in [2.45, 2.75) is 42.7 Å². The van der Waals surface area contributed by atoms with Gasteiger partial charge in [-0.05, 0) is 43.9 Å². The van der Waals surface area contributed by atoms with Crippen LogP contribution in [-0.4, -0.2) is 32.5 Å². The second-order valence-corrected chi connectivity index (χ2v) is 6.58. The van der Waals surface area contributed by atoms with E-state index in [0.29, 0.717) is 17.8 Å². The second kappa shape index (κ2) is 7.45. The first-order chi connectivity index (χ1) is 10.8. The molecule has 0 radical (unpaired) electrons. The Morgan fingerprint density at radius 3 is 2.68 bits per heavy atom. The number of nitrogens with one attached hydrogen (secondary N) is 1. The molecule has 2 aromatic rings.